The first kappa shape index (κ1) is 26.1. The average molecular weight is 461 g/mol. The Morgan fingerprint density at radius 3 is 1.12 bits per heavy atom. The van der Waals surface area contributed by atoms with Gasteiger partial charge in [0.05, 0.1) is 0 Å². The van der Waals surface area contributed by atoms with Crippen molar-refractivity contribution in [2.24, 2.45) is 0 Å². The van der Waals surface area contributed by atoms with Crippen LogP contribution in [0.5, 0.6) is 11.5 Å². The summed E-state index contributed by atoms with van der Waals surface area (Å²) in [6.45, 7) is 29.5. The van der Waals surface area contributed by atoms with Gasteiger partial charge in [0.1, 0.15) is 22.7 Å². The van der Waals surface area contributed by atoms with E-state index in [1.807, 2.05) is 12.2 Å². The lowest BCUT2D eigenvalue weighted by Crippen LogP contribution is -2.34. The van der Waals surface area contributed by atoms with Gasteiger partial charge in [0.25, 0.3) is 0 Å². The van der Waals surface area contributed by atoms with Crippen molar-refractivity contribution >= 4 is 0 Å². The van der Waals surface area contributed by atoms with Crippen LogP contribution in [0.15, 0.2) is 25.3 Å². The summed E-state index contributed by atoms with van der Waals surface area (Å²) in [7, 11) is 0. The molecule has 2 heteroatoms. The minimum absolute atomic E-state index is 0.202. The molecule has 0 bridgehead atoms. The Morgan fingerprint density at radius 2 is 0.824 bits per heavy atom. The molecule has 184 valence electrons. The summed E-state index contributed by atoms with van der Waals surface area (Å²) in [5, 5.41) is 0. The molecule has 2 heterocycles. The van der Waals surface area contributed by atoms with Crippen molar-refractivity contribution in [2.45, 2.75) is 106 Å². The van der Waals surface area contributed by atoms with Crippen molar-refractivity contribution in [3.63, 3.8) is 0 Å². The fourth-order valence-corrected chi connectivity index (χ4v) is 5.19. The van der Waals surface area contributed by atoms with Gasteiger partial charge in [0.15, 0.2) is 0 Å². The van der Waals surface area contributed by atoms with E-state index in [-0.39, 0.29) is 11.2 Å². The van der Waals surface area contributed by atoms with E-state index in [1.165, 1.54) is 55.6 Å². The number of rotatable bonds is 2. The molecule has 0 saturated carbocycles. The molecule has 2 aliphatic heterocycles. The van der Waals surface area contributed by atoms with Gasteiger partial charge in [-0.05, 0) is 163 Å². The van der Waals surface area contributed by atoms with Crippen LogP contribution in [0.1, 0.15) is 82.3 Å². The van der Waals surface area contributed by atoms with Crippen LogP contribution in [0, 0.1) is 55.4 Å². The predicted octanol–water partition coefficient (Wildman–Crippen LogP) is 8.38. The molecule has 2 aromatic rings. The largest absolute Gasteiger partial charge is 0.483 e. The van der Waals surface area contributed by atoms with Crippen LogP contribution in [0.25, 0.3) is 0 Å². The van der Waals surface area contributed by atoms with Crippen molar-refractivity contribution < 1.29 is 9.47 Å². The topological polar surface area (TPSA) is 18.5 Å². The highest BCUT2D eigenvalue weighted by molar-refractivity contribution is 5.56. The van der Waals surface area contributed by atoms with E-state index >= 15 is 0 Å². The molecule has 34 heavy (non-hydrogen) atoms. The van der Waals surface area contributed by atoms with Gasteiger partial charge in [-0.1, -0.05) is 13.2 Å². The highest BCUT2D eigenvalue weighted by atomic mass is 16.5. The fourth-order valence-electron chi connectivity index (χ4n) is 5.19. The third-order valence-electron chi connectivity index (χ3n) is 8.79. The first-order valence-electron chi connectivity index (χ1n) is 12.6. The molecule has 4 rings (SSSR count). The molecule has 0 saturated heterocycles. The van der Waals surface area contributed by atoms with E-state index in [1.54, 1.807) is 0 Å². The van der Waals surface area contributed by atoms with Gasteiger partial charge in [0.2, 0.25) is 0 Å². The predicted molar refractivity (Wildman–Crippen MR) is 146 cm³/mol. The molecule has 2 nitrogen and oxygen atoms in total. The van der Waals surface area contributed by atoms with Crippen molar-refractivity contribution in [1.29, 1.82) is 0 Å². The molecule has 0 N–H and O–H groups in total. The zero-order chi connectivity index (χ0) is 25.6. The van der Waals surface area contributed by atoms with Crippen LogP contribution in [0.2, 0.25) is 0 Å². The number of fused-ring (bicyclic) bond motifs is 2. The highest BCUT2D eigenvalue weighted by Gasteiger charge is 2.32. The fraction of sp³-hybridized carbons (Fsp3) is 0.500. The molecule has 2 aromatic carbocycles. The van der Waals surface area contributed by atoms with Crippen molar-refractivity contribution in [3.8, 4) is 11.5 Å². The van der Waals surface area contributed by atoms with E-state index in [0.717, 1.165) is 37.2 Å². The molecule has 0 unspecified atom stereocenters. The summed E-state index contributed by atoms with van der Waals surface area (Å²) in [5.74, 6) is 2.19. The smallest absolute Gasteiger partial charge is 0.127 e. The molecule has 2 aliphatic rings. The SMILES string of the molecule is C=C[C@@]1(C)CCc2c(C)c(C)c(C)c(C)c2O1.C=C[C@]1(C)CCc2c(C)c(C)c(C)c(C)c2O1. The quantitative estimate of drug-likeness (QED) is 0.419. The number of hydrogen-bond donors (Lipinski definition) is 0. The Labute approximate surface area is 208 Å². The summed E-state index contributed by atoms with van der Waals surface area (Å²) in [6, 6.07) is 0. The van der Waals surface area contributed by atoms with E-state index < -0.39 is 0 Å². The van der Waals surface area contributed by atoms with Gasteiger partial charge in [-0.15, -0.1) is 0 Å². The summed E-state index contributed by atoms with van der Waals surface area (Å²) in [6.07, 6.45) is 8.08. The molecule has 0 fully saturated rings. The van der Waals surface area contributed by atoms with Gasteiger partial charge in [0, 0.05) is 0 Å². The third-order valence-corrected chi connectivity index (χ3v) is 8.79. The Balaban J connectivity index is 0.000000191. The van der Waals surface area contributed by atoms with Crippen molar-refractivity contribution in [3.05, 3.63) is 80.9 Å². The molecule has 0 amide bonds. The van der Waals surface area contributed by atoms with Crippen molar-refractivity contribution in [2.75, 3.05) is 0 Å². The lowest BCUT2D eigenvalue weighted by atomic mass is 9.85. The first-order valence-corrected chi connectivity index (χ1v) is 12.6. The normalized spacial score (nSPS) is 22.9. The number of hydrogen-bond acceptors (Lipinski definition) is 2. The summed E-state index contributed by atoms with van der Waals surface area (Å²) in [4.78, 5) is 0. The monoisotopic (exact) mass is 460 g/mol. The third kappa shape index (κ3) is 4.44. The minimum atomic E-state index is -0.202. The maximum atomic E-state index is 6.20. The average Bonchev–Trinajstić information content (AvgIpc) is 2.84. The molecule has 0 aromatic heterocycles. The summed E-state index contributed by atoms with van der Waals surface area (Å²) in [5.41, 5.74) is 13.3. The summed E-state index contributed by atoms with van der Waals surface area (Å²) < 4.78 is 12.4. The van der Waals surface area contributed by atoms with E-state index in [9.17, 15) is 0 Å². The zero-order valence-corrected chi connectivity index (χ0v) is 23.2. The van der Waals surface area contributed by atoms with Crippen LogP contribution in [0.4, 0.5) is 0 Å². The number of ether oxygens (including phenoxy) is 2. The molecular weight excluding hydrogens is 416 g/mol. The second-order valence-corrected chi connectivity index (χ2v) is 10.9. The van der Waals surface area contributed by atoms with Gasteiger partial charge < -0.3 is 9.47 Å². The first-order chi connectivity index (χ1) is 15.8. The van der Waals surface area contributed by atoms with E-state index in [0.29, 0.717) is 0 Å². The van der Waals surface area contributed by atoms with E-state index in [4.69, 9.17) is 9.47 Å². The summed E-state index contributed by atoms with van der Waals surface area (Å²) >= 11 is 0. The maximum absolute atomic E-state index is 6.20. The maximum Gasteiger partial charge on any atom is 0.127 e. The number of benzene rings is 2. The Morgan fingerprint density at radius 1 is 0.529 bits per heavy atom. The lowest BCUT2D eigenvalue weighted by Gasteiger charge is -2.36. The van der Waals surface area contributed by atoms with E-state index in [2.05, 4.69) is 82.4 Å². The highest BCUT2D eigenvalue weighted by Crippen LogP contribution is 2.42. The van der Waals surface area contributed by atoms with Crippen LogP contribution in [0.3, 0.4) is 0 Å². The Bertz CT molecular complexity index is 1060. The van der Waals surface area contributed by atoms with Crippen LogP contribution >= 0.6 is 0 Å². The van der Waals surface area contributed by atoms with Crippen LogP contribution < -0.4 is 9.47 Å². The van der Waals surface area contributed by atoms with Gasteiger partial charge in [-0.3, -0.25) is 0 Å². The van der Waals surface area contributed by atoms with Crippen LogP contribution in [-0.2, 0) is 12.8 Å². The Kier molecular flexibility index (Phi) is 7.14. The Hall–Kier alpha value is -2.48. The zero-order valence-electron chi connectivity index (χ0n) is 23.2. The molecule has 2 atom stereocenters. The molecular formula is C32H44O2. The molecule has 0 aliphatic carbocycles. The van der Waals surface area contributed by atoms with Crippen molar-refractivity contribution in [1.82, 2.24) is 0 Å². The van der Waals surface area contributed by atoms with Gasteiger partial charge >= 0.3 is 0 Å². The second-order valence-electron chi connectivity index (χ2n) is 10.9. The second kappa shape index (κ2) is 9.29. The molecule has 0 radical (unpaired) electrons. The minimum Gasteiger partial charge on any atom is -0.483 e. The standard InChI is InChI=1S/2C16H22O/c2*1-7-16(6)9-8-14-12(4)10(2)11(3)13(5)15(14)17-16/h2*7H,1,8-9H2,2-6H3/t2*16-/m10/s1. The van der Waals surface area contributed by atoms with Gasteiger partial charge in [-0.2, -0.15) is 0 Å². The van der Waals surface area contributed by atoms with Crippen LogP contribution in [-0.4, -0.2) is 11.2 Å². The van der Waals surface area contributed by atoms with Gasteiger partial charge in [-0.25, -0.2) is 0 Å². The lowest BCUT2D eigenvalue weighted by molar-refractivity contribution is 0.113. The molecule has 0 spiro atoms.